The molecule has 1 aliphatic heterocycles. The Balaban J connectivity index is 2.06. The van der Waals surface area contributed by atoms with E-state index < -0.39 is 0 Å². The molecule has 1 heterocycles. The maximum Gasteiger partial charge on any atom is 0.144 e. The summed E-state index contributed by atoms with van der Waals surface area (Å²) in [5, 5.41) is 4.38. The van der Waals surface area contributed by atoms with Gasteiger partial charge in [-0.15, -0.1) is 0 Å². The third kappa shape index (κ3) is 2.13. The third-order valence-electron chi connectivity index (χ3n) is 3.69. The van der Waals surface area contributed by atoms with Crippen molar-refractivity contribution in [2.45, 2.75) is 58.9 Å². The lowest BCUT2D eigenvalue weighted by Crippen LogP contribution is -2.45. The highest BCUT2D eigenvalue weighted by atomic mass is 16.1. The lowest BCUT2D eigenvalue weighted by atomic mass is 9.68. The van der Waals surface area contributed by atoms with Crippen molar-refractivity contribution in [2.75, 3.05) is 0 Å². The van der Waals surface area contributed by atoms with Crippen molar-refractivity contribution < 1.29 is 4.79 Å². The Morgan fingerprint density at radius 3 is 2.94 bits per heavy atom. The number of rotatable bonds is 3. The highest BCUT2D eigenvalue weighted by Crippen LogP contribution is 2.39. The summed E-state index contributed by atoms with van der Waals surface area (Å²) in [6.45, 7) is 6.52. The van der Waals surface area contributed by atoms with E-state index in [-0.39, 0.29) is 17.4 Å². The molecule has 0 unspecified atom stereocenters. The van der Waals surface area contributed by atoms with E-state index in [4.69, 9.17) is 0 Å². The lowest BCUT2D eigenvalue weighted by molar-refractivity contribution is -0.126. The van der Waals surface area contributed by atoms with Gasteiger partial charge in [-0.2, -0.15) is 5.10 Å². The van der Waals surface area contributed by atoms with Gasteiger partial charge in [-0.05, 0) is 24.7 Å². The summed E-state index contributed by atoms with van der Waals surface area (Å²) in [7, 11) is 0. The number of ketones is 1. The normalized spacial score (nSPS) is 31.9. The van der Waals surface area contributed by atoms with Gasteiger partial charge in [0.25, 0.3) is 0 Å². The smallest absolute Gasteiger partial charge is 0.144 e. The molecule has 0 saturated heterocycles. The summed E-state index contributed by atoms with van der Waals surface area (Å²) in [5.41, 5.74) is 4.41. The van der Waals surface area contributed by atoms with Crippen LogP contribution in [0.1, 0.15) is 52.9 Å². The van der Waals surface area contributed by atoms with E-state index in [0.717, 1.165) is 31.4 Å². The summed E-state index contributed by atoms with van der Waals surface area (Å²) in [5.74, 6) is 0.473. The van der Waals surface area contributed by atoms with E-state index in [2.05, 4.69) is 31.3 Å². The van der Waals surface area contributed by atoms with Gasteiger partial charge in [0, 0.05) is 6.42 Å². The molecule has 0 aromatic carbocycles. The van der Waals surface area contributed by atoms with Gasteiger partial charge in [0.05, 0.1) is 17.7 Å². The fraction of sp³-hybridized carbons (Fsp3) is 0.846. The minimum absolute atomic E-state index is 0.0829. The average molecular weight is 222 g/mol. The Morgan fingerprint density at radius 1 is 1.50 bits per heavy atom. The molecule has 1 saturated carbocycles. The van der Waals surface area contributed by atoms with Gasteiger partial charge in [0.2, 0.25) is 0 Å². The molecule has 1 aliphatic carbocycles. The Morgan fingerprint density at radius 2 is 2.25 bits per heavy atom. The SMILES string of the molecule is CCCCC1=NN[C@@H]2CC(C)(C)CC(=O)[C@@H]12. The zero-order chi connectivity index (χ0) is 11.8. The van der Waals surface area contributed by atoms with Gasteiger partial charge in [-0.1, -0.05) is 27.2 Å². The summed E-state index contributed by atoms with van der Waals surface area (Å²) < 4.78 is 0. The number of carbonyl (C=O) groups excluding carboxylic acids is 1. The molecule has 90 valence electrons. The molecule has 0 aromatic rings. The minimum atomic E-state index is 0.0829. The van der Waals surface area contributed by atoms with Crippen LogP contribution in [0.3, 0.4) is 0 Å². The number of nitrogens with one attached hydrogen (secondary N) is 1. The van der Waals surface area contributed by atoms with Gasteiger partial charge in [-0.25, -0.2) is 0 Å². The van der Waals surface area contributed by atoms with Crippen molar-refractivity contribution in [3.63, 3.8) is 0 Å². The quantitative estimate of drug-likeness (QED) is 0.797. The third-order valence-corrected chi connectivity index (χ3v) is 3.69. The van der Waals surface area contributed by atoms with Gasteiger partial charge in [-0.3, -0.25) is 4.79 Å². The maximum absolute atomic E-state index is 12.1. The van der Waals surface area contributed by atoms with Crippen LogP contribution >= 0.6 is 0 Å². The fourth-order valence-corrected chi connectivity index (χ4v) is 2.93. The minimum Gasteiger partial charge on any atom is -0.306 e. The zero-order valence-corrected chi connectivity index (χ0v) is 10.5. The van der Waals surface area contributed by atoms with Gasteiger partial charge in [0.15, 0.2) is 0 Å². The van der Waals surface area contributed by atoms with E-state index in [1.54, 1.807) is 0 Å². The molecule has 3 nitrogen and oxygen atoms in total. The number of hydrogen-bond acceptors (Lipinski definition) is 3. The number of carbonyl (C=O) groups is 1. The Hall–Kier alpha value is -0.860. The molecule has 0 spiro atoms. The Kier molecular flexibility index (Phi) is 3.04. The molecule has 0 bridgehead atoms. The summed E-state index contributed by atoms with van der Waals surface area (Å²) in [6, 6.07) is 0.267. The fourth-order valence-electron chi connectivity index (χ4n) is 2.93. The Labute approximate surface area is 97.7 Å². The van der Waals surface area contributed by atoms with E-state index >= 15 is 0 Å². The first-order valence-electron chi connectivity index (χ1n) is 6.38. The van der Waals surface area contributed by atoms with Crippen LogP contribution in [0.15, 0.2) is 5.10 Å². The molecule has 0 amide bonds. The summed E-state index contributed by atoms with van der Waals surface area (Å²) in [4.78, 5) is 12.1. The van der Waals surface area contributed by atoms with Crippen LogP contribution in [0.4, 0.5) is 0 Å². The molecule has 0 aromatic heterocycles. The van der Waals surface area contributed by atoms with Gasteiger partial charge in [0.1, 0.15) is 5.78 Å². The second kappa shape index (κ2) is 4.19. The van der Waals surface area contributed by atoms with Crippen molar-refractivity contribution in [1.29, 1.82) is 0 Å². The highest BCUT2D eigenvalue weighted by Gasteiger charge is 2.45. The zero-order valence-electron chi connectivity index (χ0n) is 10.5. The summed E-state index contributed by atoms with van der Waals surface area (Å²) >= 11 is 0. The van der Waals surface area contributed by atoms with Crippen molar-refractivity contribution in [2.24, 2.45) is 16.4 Å². The summed E-state index contributed by atoms with van der Waals surface area (Å²) in [6.07, 6.45) is 5.05. The molecule has 2 aliphatic rings. The molecular formula is C13H22N2O. The van der Waals surface area contributed by atoms with Crippen LogP contribution in [0.5, 0.6) is 0 Å². The molecule has 1 N–H and O–H groups in total. The van der Waals surface area contributed by atoms with Gasteiger partial charge < -0.3 is 5.43 Å². The van der Waals surface area contributed by atoms with Crippen LogP contribution in [0.25, 0.3) is 0 Å². The largest absolute Gasteiger partial charge is 0.306 e. The first-order chi connectivity index (χ1) is 7.53. The van der Waals surface area contributed by atoms with Crippen molar-refractivity contribution in [3.05, 3.63) is 0 Å². The second-order valence-corrected chi connectivity index (χ2v) is 5.93. The van der Waals surface area contributed by atoms with E-state index in [0.29, 0.717) is 12.2 Å². The van der Waals surface area contributed by atoms with E-state index in [9.17, 15) is 4.79 Å². The first kappa shape index (κ1) is 11.6. The van der Waals surface area contributed by atoms with Crippen molar-refractivity contribution in [3.8, 4) is 0 Å². The second-order valence-electron chi connectivity index (χ2n) is 5.93. The Bertz CT molecular complexity index is 320. The topological polar surface area (TPSA) is 41.5 Å². The molecule has 2 atom stereocenters. The van der Waals surface area contributed by atoms with Gasteiger partial charge >= 0.3 is 0 Å². The van der Waals surface area contributed by atoms with Crippen molar-refractivity contribution >= 4 is 11.5 Å². The molecule has 16 heavy (non-hydrogen) atoms. The van der Waals surface area contributed by atoms with Crippen LogP contribution in [-0.4, -0.2) is 17.5 Å². The molecular weight excluding hydrogens is 200 g/mol. The predicted octanol–water partition coefficient (Wildman–Crippen LogP) is 2.51. The number of hydrogen-bond donors (Lipinski definition) is 1. The number of fused-ring (bicyclic) bond motifs is 1. The predicted molar refractivity (Wildman–Crippen MR) is 65.4 cm³/mol. The van der Waals surface area contributed by atoms with Crippen LogP contribution < -0.4 is 5.43 Å². The molecule has 3 heteroatoms. The monoisotopic (exact) mass is 222 g/mol. The number of Topliss-reactive ketones (excluding diaryl/α,β-unsaturated/α-hetero) is 1. The average Bonchev–Trinajstić information content (AvgIpc) is 2.56. The highest BCUT2D eigenvalue weighted by molar-refractivity contribution is 6.07. The first-order valence-corrected chi connectivity index (χ1v) is 6.38. The maximum atomic E-state index is 12.1. The number of nitrogens with zero attached hydrogens (tertiary/aromatic N) is 1. The lowest BCUT2D eigenvalue weighted by Gasteiger charge is -2.36. The van der Waals surface area contributed by atoms with E-state index in [1.807, 2.05) is 0 Å². The van der Waals surface area contributed by atoms with Crippen LogP contribution in [-0.2, 0) is 4.79 Å². The van der Waals surface area contributed by atoms with Crippen LogP contribution in [0.2, 0.25) is 0 Å². The van der Waals surface area contributed by atoms with Crippen LogP contribution in [0, 0.1) is 11.3 Å². The van der Waals surface area contributed by atoms with Crippen molar-refractivity contribution in [1.82, 2.24) is 5.43 Å². The number of unbranched alkanes of at least 4 members (excludes halogenated alkanes) is 1. The molecule has 2 rings (SSSR count). The standard InChI is InChI=1S/C13H22N2O/c1-4-5-6-9-12-10(15-14-9)7-13(2,3)8-11(12)16/h10,12,15H,4-8H2,1-3H3/t10-,12+/m1/s1. The molecule has 1 fully saturated rings. The molecule has 0 radical (unpaired) electrons. The van der Waals surface area contributed by atoms with E-state index in [1.165, 1.54) is 0 Å². The number of hydrazone groups is 1.